The molecule has 1 aromatic carbocycles. The van der Waals surface area contributed by atoms with Gasteiger partial charge < -0.3 is 10.0 Å². The minimum absolute atomic E-state index is 0.125. The van der Waals surface area contributed by atoms with E-state index in [0.717, 1.165) is 48.8 Å². The molecule has 5 nitrogen and oxygen atoms in total. The molecule has 146 valence electrons. The molecule has 0 aliphatic carbocycles. The van der Waals surface area contributed by atoms with Crippen molar-refractivity contribution >= 4 is 12.2 Å². The molecular weight excluding hydrogens is 356 g/mol. The molecule has 1 aliphatic rings. The van der Waals surface area contributed by atoms with E-state index in [1.165, 1.54) is 10.5 Å². The Kier molecular flexibility index (Phi) is 5.99. The van der Waals surface area contributed by atoms with Crippen LogP contribution in [0.5, 0.6) is 0 Å². The summed E-state index contributed by atoms with van der Waals surface area (Å²) in [5, 5.41) is 14.6. The van der Waals surface area contributed by atoms with Crippen molar-refractivity contribution in [1.29, 1.82) is 0 Å². The van der Waals surface area contributed by atoms with Gasteiger partial charge in [0.1, 0.15) is 0 Å². The van der Waals surface area contributed by atoms with Gasteiger partial charge in [-0.3, -0.25) is 4.57 Å². The van der Waals surface area contributed by atoms with Crippen LogP contribution >= 0.6 is 12.2 Å². The van der Waals surface area contributed by atoms with E-state index in [-0.39, 0.29) is 11.5 Å². The van der Waals surface area contributed by atoms with Gasteiger partial charge in [0, 0.05) is 24.9 Å². The van der Waals surface area contributed by atoms with Crippen molar-refractivity contribution in [2.75, 3.05) is 13.1 Å². The van der Waals surface area contributed by atoms with Crippen molar-refractivity contribution < 1.29 is 10.0 Å². The molecular formula is C21H31N4OS+. The zero-order chi connectivity index (χ0) is 19.6. The first-order chi connectivity index (χ1) is 12.8. The van der Waals surface area contributed by atoms with E-state index >= 15 is 0 Å². The maximum atomic E-state index is 9.72. The van der Waals surface area contributed by atoms with Crippen molar-refractivity contribution in [3.63, 3.8) is 0 Å². The van der Waals surface area contributed by atoms with E-state index in [0.29, 0.717) is 6.54 Å². The number of benzene rings is 1. The largest absolute Gasteiger partial charge is 0.393 e. The quantitative estimate of drug-likeness (QED) is 0.612. The Balaban J connectivity index is 1.90. The van der Waals surface area contributed by atoms with Gasteiger partial charge in [-0.25, -0.2) is 0 Å². The SMILES string of the molecule is C=CCn1c(-c2ccc(C(C)(C)C)cc2)nn(C[NH+]2CCC(O)CC2)c1=S. The molecule has 0 atom stereocenters. The maximum absolute atomic E-state index is 9.72. The molecule has 1 saturated heterocycles. The Bertz CT molecular complexity index is 837. The van der Waals surface area contributed by atoms with Crippen LogP contribution in [0, 0.1) is 4.77 Å². The predicted molar refractivity (Wildman–Crippen MR) is 111 cm³/mol. The second-order valence-electron chi connectivity index (χ2n) is 8.47. The van der Waals surface area contributed by atoms with Gasteiger partial charge in [0.05, 0.1) is 19.2 Å². The highest BCUT2D eigenvalue weighted by Crippen LogP contribution is 2.25. The van der Waals surface area contributed by atoms with Crippen LogP contribution < -0.4 is 4.90 Å². The number of likely N-dealkylation sites (tertiary alicyclic amines) is 1. The number of rotatable bonds is 5. The van der Waals surface area contributed by atoms with E-state index in [2.05, 4.69) is 51.6 Å². The van der Waals surface area contributed by atoms with Gasteiger partial charge in [0.2, 0.25) is 4.77 Å². The zero-order valence-electron chi connectivity index (χ0n) is 16.6. The van der Waals surface area contributed by atoms with Gasteiger partial charge in [-0.1, -0.05) is 51.1 Å². The number of quaternary nitrogens is 1. The topological polar surface area (TPSA) is 47.4 Å². The number of aliphatic hydroxyl groups excluding tert-OH is 1. The number of allylic oxidation sites excluding steroid dienone is 1. The fraction of sp³-hybridized carbons (Fsp3) is 0.524. The molecule has 0 bridgehead atoms. The summed E-state index contributed by atoms with van der Waals surface area (Å²) < 4.78 is 4.70. The first-order valence-electron chi connectivity index (χ1n) is 9.70. The lowest BCUT2D eigenvalue weighted by Gasteiger charge is -2.26. The summed E-state index contributed by atoms with van der Waals surface area (Å²) in [6.45, 7) is 13.8. The average Bonchev–Trinajstić information content (AvgIpc) is 2.93. The Morgan fingerprint density at radius 1 is 1.26 bits per heavy atom. The third-order valence-corrected chi connectivity index (χ3v) is 5.71. The molecule has 3 rings (SSSR count). The summed E-state index contributed by atoms with van der Waals surface area (Å²) in [4.78, 5) is 1.41. The standard InChI is InChI=1S/C21H30N4OS/c1-5-12-24-19(16-6-8-17(9-7-16)21(2,3)4)22-25(20(24)27)15-23-13-10-18(26)11-14-23/h5-9,18,26H,1,10-15H2,2-4H3/p+1. The van der Waals surface area contributed by atoms with Crippen molar-refractivity contribution in [1.82, 2.24) is 14.3 Å². The van der Waals surface area contributed by atoms with E-state index in [9.17, 15) is 5.11 Å². The lowest BCUT2D eigenvalue weighted by molar-refractivity contribution is -0.929. The summed E-state index contributed by atoms with van der Waals surface area (Å²) in [5.41, 5.74) is 2.50. The maximum Gasteiger partial charge on any atom is 0.203 e. The molecule has 0 saturated carbocycles. The van der Waals surface area contributed by atoms with Crippen LogP contribution in [0.2, 0.25) is 0 Å². The highest BCUT2D eigenvalue weighted by Gasteiger charge is 2.22. The molecule has 2 heterocycles. The van der Waals surface area contributed by atoms with Crippen LogP contribution in [0.3, 0.4) is 0 Å². The summed E-state index contributed by atoms with van der Waals surface area (Å²) in [7, 11) is 0. The smallest absolute Gasteiger partial charge is 0.203 e. The van der Waals surface area contributed by atoms with Crippen LogP contribution in [0.4, 0.5) is 0 Å². The van der Waals surface area contributed by atoms with Crippen molar-refractivity contribution in [2.45, 2.75) is 58.3 Å². The van der Waals surface area contributed by atoms with Gasteiger partial charge in [-0.15, -0.1) is 11.7 Å². The predicted octanol–water partition coefficient (Wildman–Crippen LogP) is 2.56. The van der Waals surface area contributed by atoms with Gasteiger partial charge in [0.15, 0.2) is 12.5 Å². The number of hydrogen-bond donors (Lipinski definition) is 2. The second-order valence-corrected chi connectivity index (χ2v) is 8.84. The second kappa shape index (κ2) is 8.09. The molecule has 27 heavy (non-hydrogen) atoms. The molecule has 6 heteroatoms. The Morgan fingerprint density at radius 2 is 1.89 bits per heavy atom. The summed E-state index contributed by atoms with van der Waals surface area (Å²) in [6, 6.07) is 8.61. The van der Waals surface area contributed by atoms with Crippen LogP contribution in [0.25, 0.3) is 11.4 Å². The molecule has 2 N–H and O–H groups in total. The van der Waals surface area contributed by atoms with E-state index < -0.39 is 0 Å². The Morgan fingerprint density at radius 3 is 2.44 bits per heavy atom. The summed E-state index contributed by atoms with van der Waals surface area (Å²) >= 11 is 5.71. The molecule has 0 unspecified atom stereocenters. The number of hydrogen-bond acceptors (Lipinski definition) is 3. The monoisotopic (exact) mass is 387 g/mol. The first kappa shape index (κ1) is 20.0. The fourth-order valence-electron chi connectivity index (χ4n) is 3.55. The summed E-state index contributed by atoms with van der Waals surface area (Å²) in [5.74, 6) is 0.886. The van der Waals surface area contributed by atoms with Gasteiger partial charge >= 0.3 is 0 Å². The van der Waals surface area contributed by atoms with E-state index in [1.54, 1.807) is 0 Å². The third kappa shape index (κ3) is 4.57. The first-order valence-corrected chi connectivity index (χ1v) is 10.1. The fourth-order valence-corrected chi connectivity index (χ4v) is 3.82. The Labute approximate surface area is 166 Å². The minimum atomic E-state index is -0.156. The zero-order valence-corrected chi connectivity index (χ0v) is 17.4. The number of nitrogens with zero attached hydrogens (tertiary/aromatic N) is 3. The minimum Gasteiger partial charge on any atom is -0.393 e. The molecule has 0 spiro atoms. The molecule has 1 aliphatic heterocycles. The number of aromatic nitrogens is 3. The van der Waals surface area contributed by atoms with Gasteiger partial charge in [-0.2, -0.15) is 4.68 Å². The molecule has 0 amide bonds. The van der Waals surface area contributed by atoms with Crippen LogP contribution in [-0.2, 0) is 18.6 Å². The molecule has 0 radical (unpaired) electrons. The highest BCUT2D eigenvalue weighted by atomic mass is 32.1. The van der Waals surface area contributed by atoms with Gasteiger partial charge in [0.25, 0.3) is 0 Å². The van der Waals surface area contributed by atoms with Crippen molar-refractivity contribution in [2.24, 2.45) is 0 Å². The Hall–Kier alpha value is -1.76. The number of nitrogens with one attached hydrogen (secondary N) is 1. The average molecular weight is 388 g/mol. The highest BCUT2D eigenvalue weighted by molar-refractivity contribution is 7.71. The summed E-state index contributed by atoms with van der Waals surface area (Å²) in [6.07, 6.45) is 3.39. The van der Waals surface area contributed by atoms with Crippen LogP contribution in [-0.4, -0.2) is 38.6 Å². The van der Waals surface area contributed by atoms with Crippen molar-refractivity contribution in [3.05, 3.63) is 47.3 Å². The van der Waals surface area contributed by atoms with Crippen LogP contribution in [0.15, 0.2) is 36.9 Å². The molecule has 1 aromatic heterocycles. The lowest BCUT2D eigenvalue weighted by Crippen LogP contribution is -3.12. The third-order valence-electron chi connectivity index (χ3n) is 5.28. The number of piperidine rings is 1. The molecule has 1 fully saturated rings. The van der Waals surface area contributed by atoms with E-state index in [1.807, 2.05) is 15.3 Å². The normalized spacial score (nSPS) is 20.6. The molecule has 2 aromatic rings. The van der Waals surface area contributed by atoms with Gasteiger partial charge in [-0.05, 0) is 23.2 Å². The van der Waals surface area contributed by atoms with E-state index in [4.69, 9.17) is 17.3 Å². The van der Waals surface area contributed by atoms with Crippen LogP contribution in [0.1, 0.15) is 39.2 Å². The number of aliphatic hydroxyl groups is 1. The lowest BCUT2D eigenvalue weighted by atomic mass is 9.87. The van der Waals surface area contributed by atoms with Crippen molar-refractivity contribution in [3.8, 4) is 11.4 Å².